The average molecular weight is 435 g/mol. The van der Waals surface area contributed by atoms with E-state index in [0.717, 1.165) is 38.1 Å². The highest BCUT2D eigenvalue weighted by atomic mass is 19.1. The molecule has 9 heteroatoms. The van der Waals surface area contributed by atoms with Crippen molar-refractivity contribution >= 4 is 23.4 Å². The lowest BCUT2D eigenvalue weighted by Crippen LogP contribution is -2.23. The maximum absolute atomic E-state index is 14.5. The highest BCUT2D eigenvalue weighted by molar-refractivity contribution is 6.05. The second kappa shape index (κ2) is 8.41. The number of benzene rings is 2. The van der Waals surface area contributed by atoms with Crippen molar-refractivity contribution in [3.8, 4) is 11.4 Å². The first-order valence-corrected chi connectivity index (χ1v) is 10.7. The highest BCUT2D eigenvalue weighted by Gasteiger charge is 2.24. The molecule has 2 aliphatic heterocycles. The van der Waals surface area contributed by atoms with E-state index in [9.17, 15) is 14.0 Å². The molecule has 3 aromatic rings. The maximum atomic E-state index is 14.5. The number of anilines is 2. The molecule has 1 N–H and O–H groups in total. The van der Waals surface area contributed by atoms with Crippen LogP contribution in [0.1, 0.15) is 35.4 Å². The zero-order valence-electron chi connectivity index (χ0n) is 17.4. The maximum Gasteiger partial charge on any atom is 0.414 e. The van der Waals surface area contributed by atoms with Crippen LogP contribution in [-0.4, -0.2) is 39.9 Å². The number of carbonyl (C=O) groups excluding carboxylic acids is 2. The summed E-state index contributed by atoms with van der Waals surface area (Å²) < 4.78 is 21.5. The van der Waals surface area contributed by atoms with Gasteiger partial charge in [0.05, 0.1) is 12.2 Å². The summed E-state index contributed by atoms with van der Waals surface area (Å²) in [6.07, 6.45) is 3.75. The molecule has 164 valence electrons. The molecule has 2 amide bonds. The Kier molecular flexibility index (Phi) is 5.30. The molecule has 0 atom stereocenters. The number of ether oxygens (including phenoxy) is 1. The molecule has 2 aromatic carbocycles. The summed E-state index contributed by atoms with van der Waals surface area (Å²) in [6.45, 7) is 1.63. The van der Waals surface area contributed by atoms with Crippen molar-refractivity contribution in [2.75, 3.05) is 23.4 Å². The average Bonchev–Trinajstić information content (AvgIpc) is 3.34. The van der Waals surface area contributed by atoms with Gasteiger partial charge in [-0.3, -0.25) is 9.69 Å². The van der Waals surface area contributed by atoms with Gasteiger partial charge in [-0.15, -0.1) is 10.2 Å². The minimum absolute atomic E-state index is 0.0747. The molecule has 5 rings (SSSR count). The van der Waals surface area contributed by atoms with Gasteiger partial charge < -0.3 is 14.6 Å². The molecular formula is C23H22FN5O3. The van der Waals surface area contributed by atoms with Gasteiger partial charge in [0.15, 0.2) is 5.82 Å². The fourth-order valence-corrected chi connectivity index (χ4v) is 4.07. The lowest BCUT2D eigenvalue weighted by atomic mass is 10.1. The SMILES string of the molecule is O=C(Nc1cc(-c2nnc3n2CCCCC3)ccc1F)c1ccc(N2CCOC2=O)cc1. The lowest BCUT2D eigenvalue weighted by molar-refractivity contribution is 0.102. The normalized spacial score (nSPS) is 15.8. The van der Waals surface area contributed by atoms with Gasteiger partial charge >= 0.3 is 6.09 Å². The number of amides is 2. The van der Waals surface area contributed by atoms with Crippen LogP contribution < -0.4 is 10.2 Å². The van der Waals surface area contributed by atoms with E-state index < -0.39 is 17.8 Å². The highest BCUT2D eigenvalue weighted by Crippen LogP contribution is 2.27. The van der Waals surface area contributed by atoms with E-state index in [0.29, 0.717) is 35.8 Å². The summed E-state index contributed by atoms with van der Waals surface area (Å²) in [5.41, 5.74) is 1.77. The molecule has 0 unspecified atom stereocenters. The molecule has 0 bridgehead atoms. The van der Waals surface area contributed by atoms with Crippen LogP contribution in [0.15, 0.2) is 42.5 Å². The predicted molar refractivity (Wildman–Crippen MR) is 116 cm³/mol. The minimum atomic E-state index is -0.533. The van der Waals surface area contributed by atoms with Crippen molar-refractivity contribution in [3.63, 3.8) is 0 Å². The lowest BCUT2D eigenvalue weighted by Gasteiger charge is -2.13. The fraction of sp³-hybridized carbons (Fsp3) is 0.304. The molecule has 1 aromatic heterocycles. The number of hydrogen-bond donors (Lipinski definition) is 1. The predicted octanol–water partition coefficient (Wildman–Crippen LogP) is 4.02. The van der Waals surface area contributed by atoms with E-state index in [2.05, 4.69) is 20.1 Å². The van der Waals surface area contributed by atoms with E-state index in [4.69, 9.17) is 4.74 Å². The molecule has 0 aliphatic carbocycles. The molecule has 8 nitrogen and oxygen atoms in total. The van der Waals surface area contributed by atoms with E-state index in [1.165, 1.54) is 11.0 Å². The van der Waals surface area contributed by atoms with Crippen LogP contribution in [0.3, 0.4) is 0 Å². The number of cyclic esters (lactones) is 1. The summed E-state index contributed by atoms with van der Waals surface area (Å²) in [4.78, 5) is 25.9. The Morgan fingerprint density at radius 3 is 2.66 bits per heavy atom. The van der Waals surface area contributed by atoms with Crippen LogP contribution in [0, 0.1) is 5.82 Å². The van der Waals surface area contributed by atoms with E-state index >= 15 is 0 Å². The van der Waals surface area contributed by atoms with Gasteiger partial charge in [0.1, 0.15) is 18.2 Å². The Bertz CT molecular complexity index is 1170. The van der Waals surface area contributed by atoms with Crippen molar-refractivity contribution in [2.45, 2.75) is 32.2 Å². The third kappa shape index (κ3) is 3.81. The second-order valence-electron chi connectivity index (χ2n) is 7.86. The largest absolute Gasteiger partial charge is 0.447 e. The smallest absolute Gasteiger partial charge is 0.414 e. The van der Waals surface area contributed by atoms with Crippen LogP contribution in [0.25, 0.3) is 11.4 Å². The van der Waals surface area contributed by atoms with Gasteiger partial charge in [-0.2, -0.15) is 0 Å². The monoisotopic (exact) mass is 435 g/mol. The molecule has 0 spiro atoms. The first kappa shape index (κ1) is 20.2. The Labute approximate surface area is 184 Å². The Balaban J connectivity index is 1.36. The minimum Gasteiger partial charge on any atom is -0.447 e. The number of aromatic nitrogens is 3. The summed E-state index contributed by atoms with van der Waals surface area (Å²) in [5.74, 6) is 0.638. The number of fused-ring (bicyclic) bond motifs is 1. The molecule has 2 aliphatic rings. The second-order valence-corrected chi connectivity index (χ2v) is 7.86. The van der Waals surface area contributed by atoms with E-state index in [1.54, 1.807) is 36.4 Å². The number of nitrogens with zero attached hydrogens (tertiary/aromatic N) is 4. The number of rotatable bonds is 4. The van der Waals surface area contributed by atoms with Gasteiger partial charge in [0, 0.05) is 29.8 Å². The molecule has 0 saturated carbocycles. The number of halogens is 1. The Morgan fingerprint density at radius 2 is 1.88 bits per heavy atom. The molecule has 3 heterocycles. The number of aryl methyl sites for hydroxylation is 1. The molecule has 32 heavy (non-hydrogen) atoms. The molecule has 1 saturated heterocycles. The summed E-state index contributed by atoms with van der Waals surface area (Å²) in [7, 11) is 0. The Hall–Kier alpha value is -3.75. The van der Waals surface area contributed by atoms with Crippen LogP contribution in [0.5, 0.6) is 0 Å². The zero-order chi connectivity index (χ0) is 22.1. The molecular weight excluding hydrogens is 413 g/mol. The van der Waals surface area contributed by atoms with Crippen LogP contribution in [0.2, 0.25) is 0 Å². The number of carbonyl (C=O) groups is 2. The topological polar surface area (TPSA) is 89.3 Å². The van der Waals surface area contributed by atoms with Crippen LogP contribution in [0.4, 0.5) is 20.6 Å². The van der Waals surface area contributed by atoms with Gasteiger partial charge in [0.25, 0.3) is 5.91 Å². The Morgan fingerprint density at radius 1 is 1.03 bits per heavy atom. The molecule has 1 fully saturated rings. The first-order valence-electron chi connectivity index (χ1n) is 10.7. The van der Waals surface area contributed by atoms with Gasteiger partial charge in [-0.1, -0.05) is 6.42 Å². The summed E-state index contributed by atoms with van der Waals surface area (Å²) in [6, 6.07) is 11.1. The van der Waals surface area contributed by atoms with Crippen LogP contribution >= 0.6 is 0 Å². The van der Waals surface area contributed by atoms with Gasteiger partial charge in [-0.05, 0) is 55.3 Å². The number of hydrogen-bond acceptors (Lipinski definition) is 5. The fourth-order valence-electron chi connectivity index (χ4n) is 4.07. The number of nitrogens with one attached hydrogen (secondary N) is 1. The van der Waals surface area contributed by atoms with Crippen LogP contribution in [-0.2, 0) is 17.7 Å². The van der Waals surface area contributed by atoms with Crippen molar-refractivity contribution < 1.29 is 18.7 Å². The quantitative estimate of drug-likeness (QED) is 0.669. The van der Waals surface area contributed by atoms with Crippen molar-refractivity contribution in [3.05, 3.63) is 59.7 Å². The van der Waals surface area contributed by atoms with E-state index in [1.807, 2.05) is 0 Å². The third-order valence-electron chi connectivity index (χ3n) is 5.78. The third-order valence-corrected chi connectivity index (χ3v) is 5.78. The zero-order valence-corrected chi connectivity index (χ0v) is 17.4. The first-order chi connectivity index (χ1) is 15.6. The standard InChI is InChI=1S/C23H22FN5O3/c24-18-10-7-16(21-27-26-20-4-2-1-3-11-29(20)21)14-19(18)25-22(30)15-5-8-17(9-6-15)28-12-13-32-23(28)31/h5-10,14H,1-4,11-13H2,(H,25,30). The van der Waals surface area contributed by atoms with Gasteiger partial charge in [0.2, 0.25) is 0 Å². The van der Waals surface area contributed by atoms with Gasteiger partial charge in [-0.25, -0.2) is 9.18 Å². The summed E-state index contributed by atoms with van der Waals surface area (Å²) >= 11 is 0. The van der Waals surface area contributed by atoms with E-state index in [-0.39, 0.29) is 5.69 Å². The van der Waals surface area contributed by atoms with Crippen molar-refractivity contribution in [1.82, 2.24) is 14.8 Å². The van der Waals surface area contributed by atoms with Crippen molar-refractivity contribution in [1.29, 1.82) is 0 Å². The van der Waals surface area contributed by atoms with Crippen molar-refractivity contribution in [2.24, 2.45) is 0 Å². The summed E-state index contributed by atoms with van der Waals surface area (Å²) in [5, 5.41) is 11.2. The molecule has 0 radical (unpaired) electrons.